The maximum atomic E-state index is 13.5. The summed E-state index contributed by atoms with van der Waals surface area (Å²) in [7, 11) is 1.58. The summed E-state index contributed by atoms with van der Waals surface area (Å²) in [6.45, 7) is 0. The lowest BCUT2D eigenvalue weighted by atomic mass is 9.82. The van der Waals surface area contributed by atoms with Crippen molar-refractivity contribution >= 4 is 40.6 Å². The van der Waals surface area contributed by atoms with E-state index in [1.807, 2.05) is 30.3 Å². The van der Waals surface area contributed by atoms with Gasteiger partial charge in [-0.1, -0.05) is 59.5 Å². The van der Waals surface area contributed by atoms with Gasteiger partial charge in [0.2, 0.25) is 11.8 Å². The smallest absolute Gasteiger partial charge is 0.305 e. The van der Waals surface area contributed by atoms with Crippen LogP contribution in [0.25, 0.3) is 0 Å². The Morgan fingerprint density at radius 2 is 1.69 bits per heavy atom. The van der Waals surface area contributed by atoms with E-state index in [4.69, 9.17) is 4.74 Å². The molecule has 1 fully saturated rings. The highest BCUT2D eigenvalue weighted by Crippen LogP contribution is 2.54. The number of imide groups is 1. The first-order chi connectivity index (χ1) is 14.1. The fraction of sp³-hybridized carbons (Fsp3) is 0.190. The second-order valence-corrected chi connectivity index (χ2v) is 9.01. The van der Waals surface area contributed by atoms with Crippen LogP contribution in [0.1, 0.15) is 16.4 Å². The third kappa shape index (κ3) is 2.74. The average Bonchev–Trinajstić information content (AvgIpc) is 3.23. The molecule has 0 spiro atoms. The zero-order valence-electron chi connectivity index (χ0n) is 15.3. The summed E-state index contributed by atoms with van der Waals surface area (Å²) in [6.07, 6.45) is 0. The largest absolute Gasteiger partial charge is 0.496 e. The van der Waals surface area contributed by atoms with E-state index in [0.717, 1.165) is 21.8 Å². The van der Waals surface area contributed by atoms with Gasteiger partial charge in [-0.2, -0.15) is 0 Å². The van der Waals surface area contributed by atoms with Crippen molar-refractivity contribution in [1.82, 2.24) is 4.98 Å². The second-order valence-electron chi connectivity index (χ2n) is 6.84. The molecule has 1 saturated heterocycles. The van der Waals surface area contributed by atoms with Crippen LogP contribution in [0, 0.1) is 5.92 Å². The van der Waals surface area contributed by atoms with Gasteiger partial charge in [-0.3, -0.25) is 14.4 Å². The molecule has 2 amide bonds. The molecule has 1 N–H and O–H groups in total. The summed E-state index contributed by atoms with van der Waals surface area (Å²) in [6, 6.07) is 16.4. The maximum absolute atomic E-state index is 13.5. The van der Waals surface area contributed by atoms with E-state index in [1.165, 1.54) is 16.7 Å². The number of thiazole rings is 1. The fourth-order valence-corrected chi connectivity index (χ4v) is 6.61. The molecule has 1 aromatic heterocycles. The minimum atomic E-state index is -0.608. The van der Waals surface area contributed by atoms with Gasteiger partial charge >= 0.3 is 4.87 Å². The van der Waals surface area contributed by atoms with Gasteiger partial charge in [0.15, 0.2) is 0 Å². The third-order valence-electron chi connectivity index (χ3n) is 5.31. The predicted octanol–water partition coefficient (Wildman–Crippen LogP) is 3.24. The number of thioether (sulfide) groups is 1. The molecular formula is C21H16N2O4S2. The lowest BCUT2D eigenvalue weighted by Gasteiger charge is -2.30. The lowest BCUT2D eigenvalue weighted by molar-refractivity contribution is -0.122. The summed E-state index contributed by atoms with van der Waals surface area (Å²) in [4.78, 5) is 43.6. The highest BCUT2D eigenvalue weighted by molar-refractivity contribution is 8.00. The molecule has 2 aromatic carbocycles. The molecule has 3 heterocycles. The van der Waals surface area contributed by atoms with Gasteiger partial charge < -0.3 is 9.72 Å². The number of rotatable bonds is 3. The number of hydrogen-bond donors (Lipinski definition) is 1. The number of benzene rings is 2. The van der Waals surface area contributed by atoms with E-state index in [-0.39, 0.29) is 16.7 Å². The number of H-pyrrole nitrogens is 1. The molecule has 0 bridgehead atoms. The Balaban J connectivity index is 1.69. The number of ether oxygens (including phenoxy) is 1. The van der Waals surface area contributed by atoms with E-state index in [9.17, 15) is 14.4 Å². The zero-order chi connectivity index (χ0) is 20.1. The van der Waals surface area contributed by atoms with Gasteiger partial charge in [0.25, 0.3) is 0 Å². The number of carbonyl (C=O) groups excluding carboxylic acids is 2. The number of fused-ring (bicyclic) bond motifs is 2. The Morgan fingerprint density at radius 1 is 0.966 bits per heavy atom. The van der Waals surface area contributed by atoms with Gasteiger partial charge in [-0.05, 0) is 18.2 Å². The highest BCUT2D eigenvalue weighted by Gasteiger charge is 2.56. The SMILES string of the molecule is COc1ccccc1[C@H]1c2sc(=O)[nH]c2SC2C(=O)N(c3ccccc3)C(=O)C21. The van der Waals surface area contributed by atoms with Crippen LogP contribution in [0.5, 0.6) is 5.75 Å². The Labute approximate surface area is 174 Å². The number of methoxy groups -OCH3 is 1. The first kappa shape index (κ1) is 18.2. The molecule has 2 unspecified atom stereocenters. The minimum absolute atomic E-state index is 0.192. The fourth-order valence-electron chi connectivity index (χ4n) is 4.11. The normalized spacial score (nSPS) is 23.1. The summed E-state index contributed by atoms with van der Waals surface area (Å²) < 4.78 is 5.54. The number of hydrogen-bond acceptors (Lipinski definition) is 6. The minimum Gasteiger partial charge on any atom is -0.496 e. The topological polar surface area (TPSA) is 79.5 Å². The Kier molecular flexibility index (Phi) is 4.33. The molecule has 3 aromatic rings. The van der Waals surface area contributed by atoms with Crippen molar-refractivity contribution in [2.75, 3.05) is 12.0 Å². The predicted molar refractivity (Wildman–Crippen MR) is 112 cm³/mol. The van der Waals surface area contributed by atoms with Crippen molar-refractivity contribution in [2.24, 2.45) is 5.92 Å². The van der Waals surface area contributed by atoms with Gasteiger partial charge in [-0.25, -0.2) is 4.90 Å². The van der Waals surface area contributed by atoms with Crippen molar-refractivity contribution in [2.45, 2.75) is 16.2 Å². The molecular weight excluding hydrogens is 408 g/mol. The molecule has 6 nitrogen and oxygen atoms in total. The van der Waals surface area contributed by atoms with Gasteiger partial charge in [0.05, 0.1) is 23.7 Å². The van der Waals surface area contributed by atoms with E-state index in [0.29, 0.717) is 16.5 Å². The monoisotopic (exact) mass is 424 g/mol. The van der Waals surface area contributed by atoms with Crippen LogP contribution in [-0.2, 0) is 9.59 Å². The number of nitrogens with zero attached hydrogens (tertiary/aromatic N) is 1. The molecule has 8 heteroatoms. The summed E-state index contributed by atoms with van der Waals surface area (Å²) in [5.74, 6) is -0.910. The number of nitrogens with one attached hydrogen (secondary N) is 1. The molecule has 0 saturated carbocycles. The Hall–Kier alpha value is -2.84. The first-order valence-electron chi connectivity index (χ1n) is 9.05. The van der Waals surface area contributed by atoms with Crippen molar-refractivity contribution in [1.29, 1.82) is 0 Å². The number of para-hydroxylation sites is 2. The molecule has 5 rings (SSSR count). The number of aromatic amines is 1. The molecule has 0 aliphatic carbocycles. The van der Waals surface area contributed by atoms with Crippen LogP contribution in [0.15, 0.2) is 64.4 Å². The summed E-state index contributed by atoms with van der Waals surface area (Å²) >= 11 is 2.36. The van der Waals surface area contributed by atoms with Gasteiger partial charge in [0, 0.05) is 16.4 Å². The zero-order valence-corrected chi connectivity index (χ0v) is 17.0. The molecule has 3 atom stereocenters. The van der Waals surface area contributed by atoms with Crippen molar-refractivity contribution in [3.63, 3.8) is 0 Å². The van der Waals surface area contributed by atoms with Crippen LogP contribution in [-0.4, -0.2) is 29.2 Å². The number of carbonyl (C=O) groups is 2. The van der Waals surface area contributed by atoms with Crippen LogP contribution < -0.4 is 14.5 Å². The molecule has 2 aliphatic heterocycles. The number of amides is 2. The van der Waals surface area contributed by atoms with Crippen LogP contribution in [0.3, 0.4) is 0 Å². The van der Waals surface area contributed by atoms with Crippen LogP contribution >= 0.6 is 23.1 Å². The highest BCUT2D eigenvalue weighted by atomic mass is 32.2. The summed E-state index contributed by atoms with van der Waals surface area (Å²) in [5.41, 5.74) is 1.37. The standard InChI is InChI=1S/C21H16N2O4S2/c1-27-13-10-6-5-9-12(13)14-15-17(28-18-16(14)29-21(26)22-18)20(25)23(19(15)24)11-7-3-2-4-8-11/h2-10,14-15,17H,1H3,(H,22,26)/t14-,15?,17?/m1/s1. The molecule has 2 aliphatic rings. The quantitative estimate of drug-likeness (QED) is 0.653. The van der Waals surface area contributed by atoms with Crippen molar-refractivity contribution in [3.8, 4) is 5.75 Å². The van der Waals surface area contributed by atoms with Crippen LogP contribution in [0.4, 0.5) is 5.69 Å². The van der Waals surface area contributed by atoms with Gasteiger partial charge in [-0.15, -0.1) is 0 Å². The first-order valence-corrected chi connectivity index (χ1v) is 10.7. The van der Waals surface area contributed by atoms with E-state index < -0.39 is 17.1 Å². The van der Waals surface area contributed by atoms with Crippen LogP contribution in [0.2, 0.25) is 0 Å². The Morgan fingerprint density at radius 3 is 2.45 bits per heavy atom. The Bertz CT molecular complexity index is 1170. The van der Waals surface area contributed by atoms with E-state index >= 15 is 0 Å². The number of anilines is 1. The third-order valence-corrected chi connectivity index (χ3v) is 7.71. The van der Waals surface area contributed by atoms with Crippen molar-refractivity contribution < 1.29 is 14.3 Å². The van der Waals surface area contributed by atoms with Crippen molar-refractivity contribution in [3.05, 3.63) is 74.7 Å². The van der Waals surface area contributed by atoms with E-state index in [1.54, 1.807) is 31.4 Å². The molecule has 29 heavy (non-hydrogen) atoms. The van der Waals surface area contributed by atoms with Gasteiger partial charge in [0.1, 0.15) is 11.0 Å². The lowest BCUT2D eigenvalue weighted by Crippen LogP contribution is -2.32. The molecule has 146 valence electrons. The summed E-state index contributed by atoms with van der Waals surface area (Å²) in [5, 5.41) is 0.0589. The number of aromatic nitrogens is 1. The maximum Gasteiger partial charge on any atom is 0.305 e. The van der Waals surface area contributed by atoms with E-state index in [2.05, 4.69) is 4.98 Å². The molecule has 0 radical (unpaired) electrons. The second kappa shape index (κ2) is 6.89. The average molecular weight is 425 g/mol.